The fraction of sp³-hybridized carbons (Fsp3) is 0.909. The van der Waals surface area contributed by atoms with E-state index in [1.54, 1.807) is 19.0 Å². The van der Waals surface area contributed by atoms with Crippen LogP contribution in [-0.2, 0) is 9.53 Å². The Morgan fingerprint density at radius 2 is 1.86 bits per heavy atom. The molecular weight excluding hydrogens is 352 g/mol. The van der Waals surface area contributed by atoms with Crippen molar-refractivity contribution in [1.29, 1.82) is 0 Å². The van der Waals surface area contributed by atoms with Crippen LogP contribution in [0.2, 0.25) is 0 Å². The van der Waals surface area contributed by atoms with Crippen LogP contribution in [-0.4, -0.2) is 62.2 Å². The van der Waals surface area contributed by atoms with Gasteiger partial charge in [-0.2, -0.15) is 0 Å². The van der Waals surface area contributed by atoms with Crippen LogP contribution in [0.3, 0.4) is 0 Å². The quantitative estimate of drug-likeness (QED) is 0.572. The average Bonchev–Trinajstić information content (AvgIpc) is 3.33. The van der Waals surface area contributed by atoms with E-state index in [-0.39, 0.29) is 17.9 Å². The Labute approximate surface area is 169 Å². The lowest BCUT2D eigenvalue weighted by Crippen LogP contribution is -2.69. The number of amides is 1. The van der Waals surface area contributed by atoms with Crippen molar-refractivity contribution >= 4 is 11.9 Å². The monoisotopic (exact) mass is 390 g/mol. The van der Waals surface area contributed by atoms with Crippen LogP contribution in [0.15, 0.2) is 4.99 Å². The fourth-order valence-corrected chi connectivity index (χ4v) is 6.18. The number of rotatable bonds is 4. The zero-order chi connectivity index (χ0) is 19.7. The maximum atomic E-state index is 12.1. The van der Waals surface area contributed by atoms with Gasteiger partial charge < -0.3 is 20.3 Å². The van der Waals surface area contributed by atoms with Gasteiger partial charge in [-0.25, -0.2) is 4.99 Å². The van der Waals surface area contributed by atoms with Gasteiger partial charge in [0.15, 0.2) is 5.96 Å². The molecule has 28 heavy (non-hydrogen) atoms. The van der Waals surface area contributed by atoms with Gasteiger partial charge in [-0.3, -0.25) is 4.79 Å². The molecule has 4 rings (SSSR count). The largest absolute Gasteiger partial charge is 0.377 e. The Bertz CT molecular complexity index is 599. The minimum Gasteiger partial charge on any atom is -0.377 e. The van der Waals surface area contributed by atoms with Gasteiger partial charge in [0.25, 0.3) is 0 Å². The molecule has 4 fully saturated rings. The van der Waals surface area contributed by atoms with Gasteiger partial charge in [-0.1, -0.05) is 32.6 Å². The number of nitrogens with zero attached hydrogens (tertiary/aromatic N) is 2. The van der Waals surface area contributed by atoms with Crippen molar-refractivity contribution in [2.24, 2.45) is 22.2 Å². The van der Waals surface area contributed by atoms with Crippen LogP contribution in [0.25, 0.3) is 0 Å². The van der Waals surface area contributed by atoms with Crippen LogP contribution in [0.4, 0.5) is 0 Å². The first-order valence-electron chi connectivity index (χ1n) is 11.4. The van der Waals surface area contributed by atoms with Gasteiger partial charge in [0.1, 0.15) is 6.54 Å². The Morgan fingerprint density at radius 3 is 2.57 bits per heavy atom. The number of ether oxygens (including phenoxy) is 1. The average molecular weight is 391 g/mol. The van der Waals surface area contributed by atoms with E-state index in [0.29, 0.717) is 30.0 Å². The molecule has 3 saturated carbocycles. The first kappa shape index (κ1) is 20.0. The van der Waals surface area contributed by atoms with Crippen molar-refractivity contribution in [2.75, 3.05) is 27.2 Å². The summed E-state index contributed by atoms with van der Waals surface area (Å²) in [5.41, 5.74) is 0.285. The van der Waals surface area contributed by atoms with Crippen molar-refractivity contribution in [1.82, 2.24) is 15.5 Å². The lowest BCUT2D eigenvalue weighted by atomic mass is 9.54. The molecule has 3 aliphatic carbocycles. The van der Waals surface area contributed by atoms with Crippen molar-refractivity contribution in [3.8, 4) is 0 Å². The molecule has 0 aromatic rings. The lowest BCUT2D eigenvalue weighted by molar-refractivity contribution is -0.127. The van der Waals surface area contributed by atoms with E-state index < -0.39 is 0 Å². The zero-order valence-electron chi connectivity index (χ0n) is 17.9. The highest BCUT2D eigenvalue weighted by Gasteiger charge is 2.65. The molecule has 0 radical (unpaired) electrons. The van der Waals surface area contributed by atoms with Gasteiger partial charge in [-0.05, 0) is 38.0 Å². The summed E-state index contributed by atoms with van der Waals surface area (Å²) in [5, 5.41) is 7.52. The molecule has 0 bridgehead atoms. The van der Waals surface area contributed by atoms with Crippen LogP contribution < -0.4 is 10.6 Å². The molecule has 1 heterocycles. The first-order valence-corrected chi connectivity index (χ1v) is 11.4. The molecule has 6 nitrogen and oxygen atoms in total. The Balaban J connectivity index is 1.49. The summed E-state index contributed by atoms with van der Waals surface area (Å²) in [5.74, 6) is 2.13. The molecule has 1 saturated heterocycles. The summed E-state index contributed by atoms with van der Waals surface area (Å²) >= 11 is 0. The number of nitrogens with one attached hydrogen (secondary N) is 2. The van der Waals surface area contributed by atoms with E-state index >= 15 is 0 Å². The third-order valence-electron chi connectivity index (χ3n) is 7.88. The van der Waals surface area contributed by atoms with E-state index in [2.05, 4.69) is 17.6 Å². The number of carbonyl (C=O) groups excluding carboxylic acids is 1. The topological polar surface area (TPSA) is 66.0 Å². The molecule has 5 unspecified atom stereocenters. The number of hydrogen-bond donors (Lipinski definition) is 2. The minimum atomic E-state index is 0.0454. The molecule has 4 aliphatic rings. The highest BCUT2D eigenvalue weighted by molar-refractivity contribution is 5.85. The highest BCUT2D eigenvalue weighted by Crippen LogP contribution is 2.60. The molecule has 2 N–H and O–H groups in total. The van der Waals surface area contributed by atoms with Crippen molar-refractivity contribution < 1.29 is 9.53 Å². The van der Waals surface area contributed by atoms with Crippen molar-refractivity contribution in [3.63, 3.8) is 0 Å². The zero-order valence-corrected chi connectivity index (χ0v) is 17.9. The van der Waals surface area contributed by atoms with Crippen LogP contribution in [0.5, 0.6) is 0 Å². The summed E-state index contributed by atoms with van der Waals surface area (Å²) < 4.78 is 6.14. The molecule has 0 aromatic carbocycles. The third-order valence-corrected chi connectivity index (χ3v) is 7.88. The number of hydrogen-bond acceptors (Lipinski definition) is 3. The highest BCUT2D eigenvalue weighted by atomic mass is 16.5. The van der Waals surface area contributed by atoms with E-state index in [4.69, 9.17) is 9.73 Å². The van der Waals surface area contributed by atoms with Crippen molar-refractivity contribution in [2.45, 2.75) is 82.9 Å². The predicted molar refractivity (Wildman–Crippen MR) is 111 cm³/mol. The molecule has 1 aliphatic heterocycles. The summed E-state index contributed by atoms with van der Waals surface area (Å²) in [7, 11) is 3.59. The summed E-state index contributed by atoms with van der Waals surface area (Å²) in [6.07, 6.45) is 11.8. The third kappa shape index (κ3) is 3.64. The van der Waals surface area contributed by atoms with Crippen molar-refractivity contribution in [3.05, 3.63) is 0 Å². The van der Waals surface area contributed by atoms with E-state index in [9.17, 15) is 4.79 Å². The standard InChI is InChI=1S/C22H38N4O2/c1-15-8-4-5-9-17(15)24-21(23-14-18(27)26(2)3)25-19-16-10-13-28-20(16)22(19)11-6-7-12-22/h15-17,19-20H,4-14H2,1-3H3,(H2,23,24,25). The smallest absolute Gasteiger partial charge is 0.243 e. The molecule has 5 atom stereocenters. The number of likely N-dealkylation sites (N-methyl/N-ethyl adjacent to an activating group) is 1. The maximum Gasteiger partial charge on any atom is 0.243 e. The van der Waals surface area contributed by atoms with Gasteiger partial charge in [0.2, 0.25) is 5.91 Å². The van der Waals surface area contributed by atoms with E-state index in [1.807, 2.05) is 0 Å². The van der Waals surface area contributed by atoms with E-state index in [0.717, 1.165) is 19.0 Å². The maximum absolute atomic E-state index is 12.1. The lowest BCUT2D eigenvalue weighted by Gasteiger charge is -2.57. The second-order valence-electron chi connectivity index (χ2n) is 9.77. The second kappa shape index (κ2) is 8.21. The number of guanidine groups is 1. The number of aliphatic imine (C=N–C) groups is 1. The normalized spacial score (nSPS) is 36.7. The molecule has 158 valence electrons. The summed E-state index contributed by atoms with van der Waals surface area (Å²) in [4.78, 5) is 18.5. The molecule has 6 heteroatoms. The van der Waals surface area contributed by atoms with Gasteiger partial charge in [-0.15, -0.1) is 0 Å². The molecular formula is C22H38N4O2. The minimum absolute atomic E-state index is 0.0454. The van der Waals surface area contributed by atoms with Crippen LogP contribution in [0.1, 0.15) is 64.7 Å². The SMILES string of the molecule is CC1CCCCC1NC(=NCC(=O)N(C)C)NC1C2CCOC2C12CCCC2. The summed E-state index contributed by atoms with van der Waals surface area (Å²) in [6.45, 7) is 3.43. The Morgan fingerprint density at radius 1 is 1.11 bits per heavy atom. The predicted octanol–water partition coefficient (Wildman–Crippen LogP) is 2.54. The Hall–Kier alpha value is -1.30. The molecule has 1 spiro atoms. The molecule has 0 aromatic heterocycles. The summed E-state index contributed by atoms with van der Waals surface area (Å²) in [6, 6.07) is 0.881. The number of carbonyl (C=O) groups is 1. The van der Waals surface area contributed by atoms with Crippen LogP contribution >= 0.6 is 0 Å². The second-order valence-corrected chi connectivity index (χ2v) is 9.77. The Kier molecular flexibility index (Phi) is 5.86. The van der Waals surface area contributed by atoms with Gasteiger partial charge in [0, 0.05) is 44.1 Å². The first-order chi connectivity index (χ1) is 13.5. The fourth-order valence-electron chi connectivity index (χ4n) is 6.18. The molecule has 1 amide bonds. The van der Waals surface area contributed by atoms with Crippen LogP contribution in [0, 0.1) is 17.3 Å². The van der Waals surface area contributed by atoms with E-state index in [1.165, 1.54) is 51.4 Å². The van der Waals surface area contributed by atoms with Gasteiger partial charge >= 0.3 is 0 Å². The van der Waals surface area contributed by atoms with Gasteiger partial charge in [0.05, 0.1) is 6.10 Å². The number of fused-ring (bicyclic) bond motifs is 2.